The molecule has 0 spiro atoms. The van der Waals surface area contributed by atoms with Crippen LogP contribution in [0.4, 0.5) is 0 Å². The van der Waals surface area contributed by atoms with E-state index in [1.165, 1.54) is 5.56 Å². The van der Waals surface area contributed by atoms with Crippen LogP contribution in [0.1, 0.15) is 29.2 Å². The number of ether oxygens (including phenoxy) is 3. The van der Waals surface area contributed by atoms with E-state index in [0.717, 1.165) is 35.5 Å². The summed E-state index contributed by atoms with van der Waals surface area (Å²) in [6, 6.07) is 10.9. The zero-order chi connectivity index (χ0) is 21.3. The summed E-state index contributed by atoms with van der Waals surface area (Å²) in [5.74, 6) is 1.62. The molecule has 3 atom stereocenters. The first-order valence-corrected chi connectivity index (χ1v) is 11.0. The minimum absolute atomic E-state index is 0.0943. The van der Waals surface area contributed by atoms with Crippen LogP contribution in [-0.4, -0.2) is 34.0 Å². The lowest BCUT2D eigenvalue weighted by molar-refractivity contribution is -0.191. The van der Waals surface area contributed by atoms with Gasteiger partial charge in [-0.05, 0) is 55.2 Å². The topological polar surface area (TPSA) is 108 Å². The van der Waals surface area contributed by atoms with E-state index in [4.69, 9.17) is 23.8 Å². The molecule has 2 aromatic carbocycles. The summed E-state index contributed by atoms with van der Waals surface area (Å²) in [5.41, 5.74) is 3.33. The molecular weight excluding hydrogens is 410 g/mol. The largest absolute Gasteiger partial charge is 0.454 e. The predicted octanol–water partition coefficient (Wildman–Crippen LogP) is 2.12. The van der Waals surface area contributed by atoms with Crippen LogP contribution < -0.4 is 14.2 Å². The lowest BCUT2D eigenvalue weighted by atomic mass is 9.93. The van der Waals surface area contributed by atoms with Crippen LogP contribution in [0.2, 0.25) is 0 Å². The van der Waals surface area contributed by atoms with Crippen molar-refractivity contribution in [1.29, 1.82) is 0 Å². The van der Waals surface area contributed by atoms with Gasteiger partial charge in [0.25, 0.3) is 0 Å². The van der Waals surface area contributed by atoms with Crippen molar-refractivity contribution in [2.75, 3.05) is 13.3 Å². The Bertz CT molecular complexity index is 1080. The maximum Gasteiger partial charge on any atom is 0.373 e. The summed E-state index contributed by atoms with van der Waals surface area (Å²) >= 11 is 0. The van der Waals surface area contributed by atoms with Gasteiger partial charge in [0.15, 0.2) is 11.5 Å². The second kappa shape index (κ2) is 8.20. The van der Waals surface area contributed by atoms with E-state index < -0.39 is 10.0 Å². The van der Waals surface area contributed by atoms with Crippen molar-refractivity contribution in [3.63, 3.8) is 0 Å². The first-order chi connectivity index (χ1) is 14.4. The van der Waals surface area contributed by atoms with E-state index in [1.807, 2.05) is 19.1 Å². The highest BCUT2D eigenvalue weighted by Crippen LogP contribution is 2.48. The highest BCUT2D eigenvalue weighted by Gasteiger charge is 2.42. The lowest BCUT2D eigenvalue weighted by Crippen LogP contribution is -2.30. The van der Waals surface area contributed by atoms with Gasteiger partial charge in [0, 0.05) is 12.5 Å². The molecule has 0 aliphatic carbocycles. The Balaban J connectivity index is 0.000000687. The minimum Gasteiger partial charge on any atom is -0.454 e. The molecule has 158 valence electrons. The maximum absolute atomic E-state index is 12.6. The van der Waals surface area contributed by atoms with Gasteiger partial charge >= 0.3 is 6.15 Å². The van der Waals surface area contributed by atoms with Crippen LogP contribution in [0.25, 0.3) is 0 Å². The van der Waals surface area contributed by atoms with E-state index in [9.17, 15) is 8.42 Å². The van der Waals surface area contributed by atoms with E-state index >= 15 is 0 Å². The molecule has 2 aromatic rings. The molecule has 3 unspecified atom stereocenters. The number of aryl methyl sites for hydroxylation is 1. The Labute approximate surface area is 174 Å². The molecule has 1 fully saturated rings. The fourth-order valence-corrected chi connectivity index (χ4v) is 5.28. The predicted molar refractivity (Wildman–Crippen MR) is 103 cm³/mol. The summed E-state index contributed by atoms with van der Waals surface area (Å²) in [5, 5.41) is 0. The van der Waals surface area contributed by atoms with Gasteiger partial charge in [-0.3, -0.25) is 0 Å². The Morgan fingerprint density at radius 3 is 2.47 bits per heavy atom. The third-order valence-corrected chi connectivity index (χ3v) is 7.03. The quantitative estimate of drug-likeness (QED) is 0.790. The third kappa shape index (κ3) is 3.97. The van der Waals surface area contributed by atoms with Gasteiger partial charge in [-0.2, -0.15) is 9.59 Å². The number of sulfonamides is 1. The molecule has 0 amide bonds. The van der Waals surface area contributed by atoms with Crippen molar-refractivity contribution in [3.8, 4) is 11.5 Å². The molecule has 3 aliphatic heterocycles. The molecule has 3 heterocycles. The number of hydrogen-bond donors (Lipinski definition) is 1. The van der Waals surface area contributed by atoms with Crippen molar-refractivity contribution >= 4 is 16.2 Å². The van der Waals surface area contributed by atoms with Crippen molar-refractivity contribution in [1.82, 2.24) is 4.72 Å². The molecule has 0 aromatic heterocycles. The molecule has 3 aliphatic rings. The van der Waals surface area contributed by atoms with E-state index in [1.54, 1.807) is 24.3 Å². The number of fused-ring (bicyclic) bond motifs is 5. The number of rotatable bonds is 4. The van der Waals surface area contributed by atoms with Gasteiger partial charge in [0.1, 0.15) is 0 Å². The smallest absolute Gasteiger partial charge is 0.373 e. The van der Waals surface area contributed by atoms with Gasteiger partial charge in [0.05, 0.1) is 17.1 Å². The van der Waals surface area contributed by atoms with E-state index in [0.29, 0.717) is 11.4 Å². The summed E-state index contributed by atoms with van der Waals surface area (Å²) in [7, 11) is -3.53. The van der Waals surface area contributed by atoms with Crippen molar-refractivity contribution in [2.24, 2.45) is 5.92 Å². The van der Waals surface area contributed by atoms with E-state index in [2.05, 4.69) is 4.72 Å². The van der Waals surface area contributed by atoms with Crippen LogP contribution >= 0.6 is 0 Å². The summed E-state index contributed by atoms with van der Waals surface area (Å²) in [4.78, 5) is 16.5. The standard InChI is InChI=1S/C20H21NO5S.CO2/c1-12-2-4-16(5-3-12)27(22,23)21-10-14-7-15-6-13-8-18-19(25-11-24-18)9-17(13)20(14)26-15;2-1-3/h2-5,8-9,14-15,20-21H,6-7,10-11H2,1H3;. The van der Waals surface area contributed by atoms with Crippen molar-refractivity contribution in [3.05, 3.63) is 53.1 Å². The first kappa shape index (κ1) is 20.6. The monoisotopic (exact) mass is 431 g/mol. The van der Waals surface area contributed by atoms with Gasteiger partial charge in [-0.1, -0.05) is 17.7 Å². The van der Waals surface area contributed by atoms with Gasteiger partial charge in [-0.15, -0.1) is 0 Å². The van der Waals surface area contributed by atoms with Crippen LogP contribution in [0, 0.1) is 12.8 Å². The second-order valence-electron chi connectivity index (χ2n) is 7.53. The molecule has 1 saturated heterocycles. The molecule has 9 heteroatoms. The molecule has 8 nitrogen and oxygen atoms in total. The molecule has 30 heavy (non-hydrogen) atoms. The van der Waals surface area contributed by atoms with Gasteiger partial charge in [0.2, 0.25) is 16.8 Å². The Morgan fingerprint density at radius 1 is 1.10 bits per heavy atom. The average molecular weight is 431 g/mol. The van der Waals surface area contributed by atoms with Gasteiger partial charge in [-0.25, -0.2) is 13.1 Å². The fraction of sp³-hybridized carbons (Fsp3) is 0.381. The van der Waals surface area contributed by atoms with Gasteiger partial charge < -0.3 is 14.2 Å². The summed E-state index contributed by atoms with van der Waals surface area (Å²) in [6.45, 7) is 2.53. The molecule has 1 N–H and O–H groups in total. The zero-order valence-electron chi connectivity index (χ0n) is 16.3. The molecule has 0 saturated carbocycles. The Morgan fingerprint density at radius 2 is 1.77 bits per heavy atom. The van der Waals surface area contributed by atoms with Crippen molar-refractivity contribution < 1.29 is 32.2 Å². The molecule has 0 radical (unpaired) electrons. The lowest BCUT2D eigenvalue weighted by Gasteiger charge is -2.26. The summed E-state index contributed by atoms with van der Waals surface area (Å²) < 4.78 is 45.1. The number of hydrogen-bond acceptors (Lipinski definition) is 7. The van der Waals surface area contributed by atoms with E-state index in [-0.39, 0.29) is 31.1 Å². The van der Waals surface area contributed by atoms with Crippen molar-refractivity contribution in [2.45, 2.75) is 36.9 Å². The molecule has 2 bridgehead atoms. The van der Waals surface area contributed by atoms with Crippen LogP contribution in [0.15, 0.2) is 41.3 Å². The average Bonchev–Trinajstić information content (AvgIpc) is 3.30. The van der Waals surface area contributed by atoms with Crippen LogP contribution in [-0.2, 0) is 30.8 Å². The number of benzene rings is 2. The molecule has 5 rings (SSSR count). The zero-order valence-corrected chi connectivity index (χ0v) is 17.1. The maximum atomic E-state index is 12.6. The molecular formula is C21H21NO7S. The number of nitrogens with one attached hydrogen (secondary N) is 1. The Hall–Kier alpha value is -2.71. The number of carbonyl (C=O) groups excluding carboxylic acids is 2. The normalized spacial score (nSPS) is 23.2. The summed E-state index contributed by atoms with van der Waals surface area (Å²) in [6.07, 6.45) is 1.91. The minimum atomic E-state index is -3.53. The Kier molecular flexibility index (Phi) is 5.62. The fourth-order valence-electron chi connectivity index (χ4n) is 4.19. The van der Waals surface area contributed by atoms with Crippen LogP contribution in [0.5, 0.6) is 11.5 Å². The van der Waals surface area contributed by atoms with Crippen LogP contribution in [0.3, 0.4) is 0 Å². The highest BCUT2D eigenvalue weighted by atomic mass is 32.2. The highest BCUT2D eigenvalue weighted by molar-refractivity contribution is 7.89. The SMILES string of the molecule is Cc1ccc(S(=O)(=O)NCC2CC3Cc4cc5c(cc4C2O3)OCO5)cc1.O=C=O. The first-order valence-electron chi connectivity index (χ1n) is 9.55. The second-order valence-corrected chi connectivity index (χ2v) is 9.30. The third-order valence-electron chi connectivity index (χ3n) is 5.59.